The van der Waals surface area contributed by atoms with E-state index in [1.807, 2.05) is 32.0 Å². The second-order valence-electron chi connectivity index (χ2n) is 7.01. The van der Waals surface area contributed by atoms with Crippen LogP contribution >= 0.6 is 23.5 Å². The number of fused-ring (bicyclic) bond motifs is 1. The van der Waals surface area contributed by atoms with Crippen molar-refractivity contribution in [3.8, 4) is 0 Å². The number of thioether (sulfide) groups is 2. The Morgan fingerprint density at radius 2 is 2.11 bits per heavy atom. The van der Waals surface area contributed by atoms with Crippen LogP contribution in [0.3, 0.4) is 0 Å². The average molecular weight is 404 g/mol. The molecule has 0 aliphatic carbocycles. The summed E-state index contributed by atoms with van der Waals surface area (Å²) in [6, 6.07) is 10.2. The topological polar surface area (TPSA) is 64.0 Å². The van der Waals surface area contributed by atoms with Gasteiger partial charge >= 0.3 is 0 Å². The van der Waals surface area contributed by atoms with Crippen LogP contribution < -0.4 is 10.9 Å². The SMILES string of the molecule is CC(C)NC(=O)CSc1nc2c(c(=O)n1CCc1ccccc1)SC(C)C2. The minimum Gasteiger partial charge on any atom is -0.353 e. The van der Waals surface area contributed by atoms with E-state index in [1.54, 1.807) is 16.3 Å². The monoisotopic (exact) mass is 403 g/mol. The summed E-state index contributed by atoms with van der Waals surface area (Å²) < 4.78 is 1.74. The van der Waals surface area contributed by atoms with Crippen LogP contribution in [0.25, 0.3) is 0 Å². The number of aryl methyl sites for hydroxylation is 1. The Balaban J connectivity index is 1.83. The smallest absolute Gasteiger partial charge is 0.268 e. The highest BCUT2D eigenvalue weighted by molar-refractivity contribution is 8.00. The first kappa shape index (κ1) is 20.0. The van der Waals surface area contributed by atoms with Gasteiger partial charge in [0.2, 0.25) is 5.91 Å². The van der Waals surface area contributed by atoms with Crippen molar-refractivity contribution in [2.75, 3.05) is 5.75 Å². The van der Waals surface area contributed by atoms with Gasteiger partial charge in [-0.3, -0.25) is 14.2 Å². The van der Waals surface area contributed by atoms with Crippen LogP contribution in [0.2, 0.25) is 0 Å². The van der Waals surface area contributed by atoms with E-state index in [1.165, 1.54) is 17.3 Å². The molecular weight excluding hydrogens is 378 g/mol. The molecular formula is C20H25N3O2S2. The summed E-state index contributed by atoms with van der Waals surface area (Å²) in [6.45, 7) is 6.55. The molecule has 0 saturated heterocycles. The minimum atomic E-state index is -0.0397. The summed E-state index contributed by atoms with van der Waals surface area (Å²) in [5.41, 5.74) is 2.08. The molecule has 0 saturated carbocycles. The quantitative estimate of drug-likeness (QED) is 0.568. The number of aromatic nitrogens is 2. The van der Waals surface area contributed by atoms with Crippen molar-refractivity contribution in [3.63, 3.8) is 0 Å². The van der Waals surface area contributed by atoms with Gasteiger partial charge in [0.05, 0.1) is 16.3 Å². The Bertz CT molecular complexity index is 866. The van der Waals surface area contributed by atoms with Gasteiger partial charge in [0.25, 0.3) is 5.56 Å². The molecule has 144 valence electrons. The van der Waals surface area contributed by atoms with E-state index >= 15 is 0 Å². The van der Waals surface area contributed by atoms with Crippen LogP contribution in [0, 0.1) is 0 Å². The molecule has 0 bridgehead atoms. The Morgan fingerprint density at radius 1 is 1.37 bits per heavy atom. The molecule has 2 heterocycles. The van der Waals surface area contributed by atoms with Crippen LogP contribution in [0.4, 0.5) is 0 Å². The number of nitrogens with one attached hydrogen (secondary N) is 1. The van der Waals surface area contributed by atoms with Gasteiger partial charge < -0.3 is 5.32 Å². The van der Waals surface area contributed by atoms with Gasteiger partial charge in [-0.2, -0.15) is 0 Å². The van der Waals surface area contributed by atoms with Gasteiger partial charge in [-0.15, -0.1) is 11.8 Å². The molecule has 1 amide bonds. The largest absolute Gasteiger partial charge is 0.353 e. The maximum atomic E-state index is 13.1. The highest BCUT2D eigenvalue weighted by atomic mass is 32.2. The third kappa shape index (κ3) is 5.17. The lowest BCUT2D eigenvalue weighted by Crippen LogP contribution is -2.32. The van der Waals surface area contributed by atoms with E-state index in [-0.39, 0.29) is 23.3 Å². The molecule has 1 unspecified atom stereocenters. The molecule has 1 aliphatic rings. The fraction of sp³-hybridized carbons (Fsp3) is 0.450. The molecule has 3 rings (SSSR count). The van der Waals surface area contributed by atoms with Crippen LogP contribution in [0.15, 0.2) is 45.2 Å². The van der Waals surface area contributed by atoms with E-state index in [2.05, 4.69) is 24.4 Å². The lowest BCUT2D eigenvalue weighted by atomic mass is 10.1. The molecule has 1 N–H and O–H groups in total. The lowest BCUT2D eigenvalue weighted by molar-refractivity contribution is -0.119. The molecule has 1 aliphatic heterocycles. The molecule has 1 atom stereocenters. The van der Waals surface area contributed by atoms with E-state index in [0.29, 0.717) is 17.0 Å². The maximum Gasteiger partial charge on any atom is 0.268 e. The molecule has 0 fully saturated rings. The van der Waals surface area contributed by atoms with Crippen molar-refractivity contribution in [1.29, 1.82) is 0 Å². The fourth-order valence-corrected chi connectivity index (χ4v) is 4.99. The van der Waals surface area contributed by atoms with Gasteiger partial charge in [0.15, 0.2) is 5.16 Å². The molecule has 0 radical (unpaired) electrons. The summed E-state index contributed by atoms with van der Waals surface area (Å²) in [6.07, 6.45) is 1.56. The fourth-order valence-electron chi connectivity index (χ4n) is 3.02. The maximum absolute atomic E-state index is 13.1. The van der Waals surface area contributed by atoms with Gasteiger partial charge in [0.1, 0.15) is 0 Å². The zero-order valence-electron chi connectivity index (χ0n) is 15.9. The van der Waals surface area contributed by atoms with Gasteiger partial charge in [0, 0.05) is 24.3 Å². The summed E-state index contributed by atoms with van der Waals surface area (Å²) in [4.78, 5) is 30.6. The zero-order chi connectivity index (χ0) is 19.4. The molecule has 7 heteroatoms. The number of rotatable bonds is 7. The number of nitrogens with zero attached hydrogens (tertiary/aromatic N) is 2. The number of amides is 1. The normalized spacial score (nSPS) is 15.8. The highest BCUT2D eigenvalue weighted by Crippen LogP contribution is 2.34. The van der Waals surface area contributed by atoms with Crippen molar-refractivity contribution in [2.45, 2.75) is 61.5 Å². The molecule has 5 nitrogen and oxygen atoms in total. The Hall–Kier alpha value is -1.73. The Kier molecular flexibility index (Phi) is 6.65. The summed E-state index contributed by atoms with van der Waals surface area (Å²) in [7, 11) is 0. The second kappa shape index (κ2) is 8.97. The molecule has 1 aromatic heterocycles. The minimum absolute atomic E-state index is 0.0250. The summed E-state index contributed by atoms with van der Waals surface area (Å²) in [5, 5.41) is 3.90. The second-order valence-corrected chi connectivity index (χ2v) is 9.40. The Morgan fingerprint density at radius 3 is 2.81 bits per heavy atom. The predicted octanol–water partition coefficient (Wildman–Crippen LogP) is 3.14. The summed E-state index contributed by atoms with van der Waals surface area (Å²) in [5.74, 6) is 0.222. The third-order valence-electron chi connectivity index (χ3n) is 4.21. The first-order valence-corrected chi connectivity index (χ1v) is 11.1. The number of benzene rings is 1. The van der Waals surface area contributed by atoms with E-state index < -0.39 is 0 Å². The molecule has 0 spiro atoms. The molecule has 1 aromatic carbocycles. The van der Waals surface area contributed by atoms with Gasteiger partial charge in [-0.05, 0) is 25.8 Å². The highest BCUT2D eigenvalue weighted by Gasteiger charge is 2.26. The number of carbonyl (C=O) groups excluding carboxylic acids is 1. The third-order valence-corrected chi connectivity index (χ3v) is 6.40. The summed E-state index contributed by atoms with van der Waals surface area (Å²) >= 11 is 2.95. The van der Waals surface area contributed by atoms with E-state index in [9.17, 15) is 9.59 Å². The average Bonchev–Trinajstić information content (AvgIpc) is 3.00. The first-order valence-electron chi connectivity index (χ1n) is 9.20. The zero-order valence-corrected chi connectivity index (χ0v) is 17.5. The van der Waals surface area contributed by atoms with Crippen LogP contribution in [-0.4, -0.2) is 32.5 Å². The number of hydrogen-bond donors (Lipinski definition) is 1. The lowest BCUT2D eigenvalue weighted by Gasteiger charge is -2.14. The van der Waals surface area contributed by atoms with Gasteiger partial charge in [-0.1, -0.05) is 49.0 Å². The standard InChI is InChI=1S/C20H25N3O2S2/c1-13(2)21-17(24)12-26-20-22-16-11-14(3)27-18(16)19(25)23(20)10-9-15-7-5-4-6-8-15/h4-8,13-14H,9-12H2,1-3H3,(H,21,24). The van der Waals surface area contributed by atoms with Crippen molar-refractivity contribution < 1.29 is 4.79 Å². The first-order chi connectivity index (χ1) is 12.9. The van der Waals surface area contributed by atoms with E-state index in [4.69, 9.17) is 4.98 Å². The van der Waals surface area contributed by atoms with Crippen molar-refractivity contribution >= 4 is 29.4 Å². The van der Waals surface area contributed by atoms with Gasteiger partial charge in [-0.25, -0.2) is 4.98 Å². The van der Waals surface area contributed by atoms with Crippen LogP contribution in [0.1, 0.15) is 32.0 Å². The van der Waals surface area contributed by atoms with Crippen molar-refractivity contribution in [1.82, 2.24) is 14.9 Å². The number of carbonyl (C=O) groups is 1. The predicted molar refractivity (Wildman–Crippen MR) is 112 cm³/mol. The van der Waals surface area contributed by atoms with Crippen molar-refractivity contribution in [2.24, 2.45) is 0 Å². The van der Waals surface area contributed by atoms with E-state index in [0.717, 1.165) is 23.4 Å². The number of hydrogen-bond acceptors (Lipinski definition) is 5. The molecule has 2 aromatic rings. The Labute approximate surface area is 168 Å². The van der Waals surface area contributed by atoms with Crippen molar-refractivity contribution in [3.05, 3.63) is 51.9 Å². The van der Waals surface area contributed by atoms with Crippen LogP contribution in [-0.2, 0) is 24.2 Å². The molecule has 27 heavy (non-hydrogen) atoms. The van der Waals surface area contributed by atoms with Crippen LogP contribution in [0.5, 0.6) is 0 Å².